The standard InChI is InChI=1S/C24H22N4O4/c1-29-21-11-7-17(23(27-21)31-3)19-9-5-15(13-25-19)16-6-10-20(26-14-16)18-8-12-22(30-2)28-24(18)32-4/h5-14H,1-4H3. The van der Waals surface area contributed by atoms with Gasteiger partial charge in [-0.2, -0.15) is 9.97 Å². The van der Waals surface area contributed by atoms with Gasteiger partial charge in [0.2, 0.25) is 23.5 Å². The van der Waals surface area contributed by atoms with Gasteiger partial charge in [0.05, 0.1) is 51.0 Å². The Morgan fingerprint density at radius 2 is 0.938 bits per heavy atom. The molecule has 0 bridgehead atoms. The van der Waals surface area contributed by atoms with Gasteiger partial charge in [-0.3, -0.25) is 9.97 Å². The Morgan fingerprint density at radius 1 is 0.500 bits per heavy atom. The van der Waals surface area contributed by atoms with Crippen molar-refractivity contribution < 1.29 is 18.9 Å². The van der Waals surface area contributed by atoms with E-state index in [1.54, 1.807) is 53.0 Å². The van der Waals surface area contributed by atoms with Crippen LogP contribution in [0.3, 0.4) is 0 Å². The Kier molecular flexibility index (Phi) is 6.12. The normalized spacial score (nSPS) is 10.5. The highest BCUT2D eigenvalue weighted by molar-refractivity contribution is 5.71. The van der Waals surface area contributed by atoms with E-state index >= 15 is 0 Å². The molecule has 0 atom stereocenters. The minimum Gasteiger partial charge on any atom is -0.481 e. The van der Waals surface area contributed by atoms with E-state index in [1.165, 1.54) is 0 Å². The third-order valence-electron chi connectivity index (χ3n) is 4.89. The Morgan fingerprint density at radius 3 is 1.25 bits per heavy atom. The van der Waals surface area contributed by atoms with Crippen LogP contribution in [0.4, 0.5) is 0 Å². The van der Waals surface area contributed by atoms with Crippen molar-refractivity contribution in [1.29, 1.82) is 0 Å². The van der Waals surface area contributed by atoms with Crippen LogP contribution in [0.2, 0.25) is 0 Å². The van der Waals surface area contributed by atoms with Crippen molar-refractivity contribution >= 4 is 0 Å². The Bertz CT molecular complexity index is 1110. The summed E-state index contributed by atoms with van der Waals surface area (Å²) in [7, 11) is 6.27. The summed E-state index contributed by atoms with van der Waals surface area (Å²) in [6.07, 6.45) is 3.59. The van der Waals surface area contributed by atoms with Crippen molar-refractivity contribution in [3.05, 3.63) is 60.9 Å². The van der Waals surface area contributed by atoms with Crippen molar-refractivity contribution in [3.63, 3.8) is 0 Å². The van der Waals surface area contributed by atoms with Crippen molar-refractivity contribution in [2.45, 2.75) is 0 Å². The molecule has 0 aliphatic carbocycles. The highest BCUT2D eigenvalue weighted by Gasteiger charge is 2.13. The number of hydrogen-bond donors (Lipinski definition) is 0. The summed E-state index contributed by atoms with van der Waals surface area (Å²) in [5, 5.41) is 0. The molecule has 0 fully saturated rings. The van der Waals surface area contributed by atoms with E-state index < -0.39 is 0 Å². The van der Waals surface area contributed by atoms with E-state index in [2.05, 4.69) is 19.9 Å². The van der Waals surface area contributed by atoms with Crippen LogP contribution >= 0.6 is 0 Å². The molecule has 0 saturated heterocycles. The van der Waals surface area contributed by atoms with Crippen LogP contribution in [-0.2, 0) is 0 Å². The van der Waals surface area contributed by atoms with Crippen molar-refractivity contribution in [3.8, 4) is 57.2 Å². The number of rotatable bonds is 7. The van der Waals surface area contributed by atoms with E-state index in [0.29, 0.717) is 23.5 Å². The summed E-state index contributed by atoms with van der Waals surface area (Å²) in [4.78, 5) is 17.8. The molecule has 8 heteroatoms. The van der Waals surface area contributed by atoms with Gasteiger partial charge in [0.15, 0.2) is 0 Å². The molecular weight excluding hydrogens is 408 g/mol. The van der Waals surface area contributed by atoms with Crippen LogP contribution in [0.25, 0.3) is 33.6 Å². The molecule has 32 heavy (non-hydrogen) atoms. The van der Waals surface area contributed by atoms with E-state index in [1.807, 2.05) is 36.4 Å². The monoisotopic (exact) mass is 430 g/mol. The molecule has 4 rings (SSSR count). The zero-order chi connectivity index (χ0) is 22.5. The van der Waals surface area contributed by atoms with Crippen molar-refractivity contribution in [1.82, 2.24) is 19.9 Å². The summed E-state index contributed by atoms with van der Waals surface area (Å²) in [6, 6.07) is 15.1. The largest absolute Gasteiger partial charge is 0.481 e. The first-order valence-corrected chi connectivity index (χ1v) is 9.78. The molecule has 162 valence electrons. The molecule has 4 aromatic heterocycles. The topological polar surface area (TPSA) is 88.5 Å². The summed E-state index contributed by atoms with van der Waals surface area (Å²) in [6.45, 7) is 0. The zero-order valence-corrected chi connectivity index (χ0v) is 18.2. The molecule has 0 aliphatic heterocycles. The van der Waals surface area contributed by atoms with E-state index in [0.717, 1.165) is 33.6 Å². The van der Waals surface area contributed by atoms with Crippen LogP contribution in [0.15, 0.2) is 60.9 Å². The van der Waals surface area contributed by atoms with Gasteiger partial charge in [0, 0.05) is 35.7 Å². The second kappa shape index (κ2) is 9.30. The third kappa shape index (κ3) is 4.15. The maximum Gasteiger partial charge on any atom is 0.225 e. The number of nitrogens with zero attached hydrogens (tertiary/aromatic N) is 4. The van der Waals surface area contributed by atoms with Crippen LogP contribution in [0.1, 0.15) is 0 Å². The third-order valence-corrected chi connectivity index (χ3v) is 4.89. The maximum atomic E-state index is 5.38. The highest BCUT2D eigenvalue weighted by atomic mass is 16.5. The smallest absolute Gasteiger partial charge is 0.225 e. The van der Waals surface area contributed by atoms with Crippen LogP contribution in [0.5, 0.6) is 23.5 Å². The molecule has 8 nitrogen and oxygen atoms in total. The second-order valence-electron chi connectivity index (χ2n) is 6.69. The van der Waals surface area contributed by atoms with E-state index in [-0.39, 0.29) is 0 Å². The predicted octanol–water partition coefficient (Wildman–Crippen LogP) is 4.30. The van der Waals surface area contributed by atoms with Gasteiger partial charge in [-0.05, 0) is 24.3 Å². The highest BCUT2D eigenvalue weighted by Crippen LogP contribution is 2.32. The first-order chi connectivity index (χ1) is 15.7. The van der Waals surface area contributed by atoms with E-state index in [4.69, 9.17) is 18.9 Å². The lowest BCUT2D eigenvalue weighted by molar-refractivity contribution is 0.365. The van der Waals surface area contributed by atoms with Gasteiger partial charge >= 0.3 is 0 Å². The van der Waals surface area contributed by atoms with Crippen LogP contribution in [-0.4, -0.2) is 48.4 Å². The minimum absolute atomic E-state index is 0.456. The fourth-order valence-electron chi connectivity index (χ4n) is 3.22. The van der Waals surface area contributed by atoms with Gasteiger partial charge in [-0.15, -0.1) is 0 Å². The Balaban J connectivity index is 1.60. The number of aromatic nitrogens is 4. The molecule has 4 heterocycles. The molecule has 0 aliphatic rings. The fourth-order valence-corrected chi connectivity index (χ4v) is 3.22. The summed E-state index contributed by atoms with van der Waals surface area (Å²) < 4.78 is 21.1. The molecule has 0 saturated carbocycles. The number of pyridine rings is 4. The lowest BCUT2D eigenvalue weighted by Crippen LogP contribution is -1.96. The summed E-state index contributed by atoms with van der Waals surface area (Å²) in [5.41, 5.74) is 4.94. The zero-order valence-electron chi connectivity index (χ0n) is 18.2. The molecule has 0 radical (unpaired) electrons. The average molecular weight is 430 g/mol. The predicted molar refractivity (Wildman–Crippen MR) is 120 cm³/mol. The lowest BCUT2D eigenvalue weighted by atomic mass is 10.1. The first-order valence-electron chi connectivity index (χ1n) is 9.78. The molecule has 0 spiro atoms. The van der Waals surface area contributed by atoms with Gasteiger partial charge in [0.25, 0.3) is 0 Å². The molecule has 4 aromatic rings. The van der Waals surface area contributed by atoms with Crippen LogP contribution in [0, 0.1) is 0 Å². The quantitative estimate of drug-likeness (QED) is 0.429. The van der Waals surface area contributed by atoms with Crippen molar-refractivity contribution in [2.24, 2.45) is 0 Å². The molecule has 0 aromatic carbocycles. The number of methoxy groups -OCH3 is 4. The van der Waals surface area contributed by atoms with Gasteiger partial charge in [-0.25, -0.2) is 0 Å². The summed E-state index contributed by atoms with van der Waals surface area (Å²) >= 11 is 0. The Hall–Kier alpha value is -4.20. The molecular formula is C24H22N4O4. The molecule has 0 unspecified atom stereocenters. The van der Waals surface area contributed by atoms with Crippen molar-refractivity contribution in [2.75, 3.05) is 28.4 Å². The van der Waals surface area contributed by atoms with Gasteiger partial charge < -0.3 is 18.9 Å². The average Bonchev–Trinajstić information content (AvgIpc) is 2.88. The van der Waals surface area contributed by atoms with Crippen LogP contribution < -0.4 is 18.9 Å². The SMILES string of the molecule is COc1ccc(-c2ccc(-c3ccc(-c4ccc(OC)nc4OC)nc3)cn2)c(OC)n1. The molecule has 0 N–H and O–H groups in total. The minimum atomic E-state index is 0.456. The maximum absolute atomic E-state index is 5.38. The lowest BCUT2D eigenvalue weighted by Gasteiger charge is -2.10. The fraction of sp³-hybridized carbons (Fsp3) is 0.167. The van der Waals surface area contributed by atoms with Gasteiger partial charge in [-0.1, -0.05) is 12.1 Å². The van der Waals surface area contributed by atoms with E-state index in [9.17, 15) is 0 Å². The second-order valence-corrected chi connectivity index (χ2v) is 6.69. The molecule has 0 amide bonds. The summed E-state index contributed by atoms with van der Waals surface area (Å²) in [5.74, 6) is 1.88. The number of ether oxygens (including phenoxy) is 4. The van der Waals surface area contributed by atoms with Gasteiger partial charge in [0.1, 0.15) is 0 Å². The first kappa shape index (κ1) is 21.0. The Labute approximate surface area is 185 Å². The number of hydrogen-bond acceptors (Lipinski definition) is 8.